The number of aryl methyl sites for hydroxylation is 4. The Kier molecular flexibility index (Phi) is 6.67. The van der Waals surface area contributed by atoms with Gasteiger partial charge in [0.1, 0.15) is 7.14 Å². The van der Waals surface area contributed by atoms with Crippen LogP contribution in [-0.2, 0) is 14.1 Å². The van der Waals surface area contributed by atoms with E-state index in [1.165, 1.54) is 7.11 Å². The largest absolute Gasteiger partial charge is 0.469 e. The average molecular weight is 387 g/mol. The van der Waals surface area contributed by atoms with Crippen LogP contribution in [0.4, 0.5) is 0 Å². The molecule has 27 heavy (non-hydrogen) atoms. The molecular formula is C22H30NO3P. The fourth-order valence-electron chi connectivity index (χ4n) is 3.49. The summed E-state index contributed by atoms with van der Waals surface area (Å²) in [6.45, 7) is 9.72. The molecule has 2 rings (SSSR count). The lowest BCUT2D eigenvalue weighted by atomic mass is 10.1. The van der Waals surface area contributed by atoms with Gasteiger partial charge in [0.25, 0.3) is 0 Å². The molecule has 0 saturated heterocycles. The van der Waals surface area contributed by atoms with Crippen LogP contribution >= 0.6 is 7.14 Å². The summed E-state index contributed by atoms with van der Waals surface area (Å²) in [5.41, 5.74) is 10.6. The molecule has 0 fully saturated rings. The summed E-state index contributed by atoms with van der Waals surface area (Å²) >= 11 is 0. The van der Waals surface area contributed by atoms with E-state index in [-0.39, 0.29) is 12.1 Å². The first kappa shape index (κ1) is 21.4. The molecule has 0 aliphatic carbocycles. The Hall–Kier alpha value is -1.90. The Morgan fingerprint density at radius 1 is 0.926 bits per heavy atom. The standard InChI is InChI=1S/C22H30NO3P/c1-14-7-15(2)10-19(9-14)27(25,13-21(23)18(5)22(24)26-6)20-11-16(3)8-17(4)12-20/h7-12,18,21H,13,23H2,1-6H3. The second kappa shape index (κ2) is 8.41. The second-order valence-electron chi connectivity index (χ2n) is 7.59. The van der Waals surface area contributed by atoms with Crippen molar-refractivity contribution in [3.05, 3.63) is 58.7 Å². The molecule has 2 aromatic rings. The lowest BCUT2D eigenvalue weighted by Gasteiger charge is -2.26. The third-order valence-electron chi connectivity index (χ3n) is 4.93. The second-order valence-corrected chi connectivity index (χ2v) is 10.5. The van der Waals surface area contributed by atoms with Crippen molar-refractivity contribution in [1.82, 2.24) is 0 Å². The minimum absolute atomic E-state index is 0.217. The molecule has 5 heteroatoms. The minimum atomic E-state index is -3.02. The summed E-state index contributed by atoms with van der Waals surface area (Å²) in [6.07, 6.45) is 0.217. The summed E-state index contributed by atoms with van der Waals surface area (Å²) in [7, 11) is -1.68. The SMILES string of the molecule is COC(=O)C(C)C(N)CP(=O)(c1cc(C)cc(C)c1)c1cc(C)cc(C)c1. The Morgan fingerprint density at radius 3 is 1.63 bits per heavy atom. The van der Waals surface area contributed by atoms with Crippen molar-refractivity contribution in [3.63, 3.8) is 0 Å². The maximum absolute atomic E-state index is 14.4. The number of esters is 1. The molecule has 4 nitrogen and oxygen atoms in total. The fourth-order valence-corrected chi connectivity index (χ4v) is 6.77. The van der Waals surface area contributed by atoms with Crippen molar-refractivity contribution in [2.45, 2.75) is 40.7 Å². The smallest absolute Gasteiger partial charge is 0.309 e. The summed E-state index contributed by atoms with van der Waals surface area (Å²) in [4.78, 5) is 11.9. The summed E-state index contributed by atoms with van der Waals surface area (Å²) < 4.78 is 19.2. The van der Waals surface area contributed by atoms with Gasteiger partial charge in [-0.3, -0.25) is 4.79 Å². The van der Waals surface area contributed by atoms with Crippen LogP contribution in [0.25, 0.3) is 0 Å². The van der Waals surface area contributed by atoms with E-state index in [1.54, 1.807) is 6.92 Å². The molecule has 2 atom stereocenters. The first-order chi connectivity index (χ1) is 12.6. The molecular weight excluding hydrogens is 357 g/mol. The van der Waals surface area contributed by atoms with E-state index in [4.69, 9.17) is 10.5 Å². The van der Waals surface area contributed by atoms with E-state index >= 15 is 0 Å². The first-order valence-electron chi connectivity index (χ1n) is 9.17. The number of rotatable bonds is 6. The molecule has 0 saturated carbocycles. The molecule has 0 heterocycles. The molecule has 2 unspecified atom stereocenters. The predicted molar refractivity (Wildman–Crippen MR) is 113 cm³/mol. The molecule has 0 amide bonds. The van der Waals surface area contributed by atoms with Gasteiger partial charge in [0.05, 0.1) is 13.0 Å². The molecule has 146 valence electrons. The lowest BCUT2D eigenvalue weighted by Crippen LogP contribution is -2.39. The van der Waals surface area contributed by atoms with E-state index in [1.807, 2.05) is 52.0 Å². The summed E-state index contributed by atoms with van der Waals surface area (Å²) in [6, 6.07) is 11.5. The summed E-state index contributed by atoms with van der Waals surface area (Å²) in [5, 5.41) is 1.58. The fraction of sp³-hybridized carbons (Fsp3) is 0.409. The van der Waals surface area contributed by atoms with Gasteiger partial charge in [0.2, 0.25) is 0 Å². The molecule has 0 aliphatic heterocycles. The van der Waals surface area contributed by atoms with E-state index in [0.717, 1.165) is 32.9 Å². The van der Waals surface area contributed by atoms with Crippen molar-refractivity contribution in [3.8, 4) is 0 Å². The number of methoxy groups -OCH3 is 1. The van der Waals surface area contributed by atoms with Gasteiger partial charge in [-0.15, -0.1) is 0 Å². The highest BCUT2D eigenvalue weighted by molar-refractivity contribution is 7.78. The lowest BCUT2D eigenvalue weighted by molar-refractivity contribution is -0.145. The third kappa shape index (κ3) is 4.88. The molecule has 2 aromatic carbocycles. The van der Waals surface area contributed by atoms with Crippen LogP contribution in [0.2, 0.25) is 0 Å². The molecule has 0 aromatic heterocycles. The first-order valence-corrected chi connectivity index (χ1v) is 11.1. The van der Waals surface area contributed by atoms with Crippen LogP contribution < -0.4 is 16.3 Å². The highest BCUT2D eigenvalue weighted by Crippen LogP contribution is 2.45. The third-order valence-corrected chi connectivity index (χ3v) is 8.05. The van der Waals surface area contributed by atoms with Crippen LogP contribution in [0.3, 0.4) is 0 Å². The maximum Gasteiger partial charge on any atom is 0.309 e. The highest BCUT2D eigenvalue weighted by atomic mass is 31.2. The molecule has 2 N–H and O–H groups in total. The zero-order valence-electron chi connectivity index (χ0n) is 17.1. The molecule has 0 aliphatic rings. The number of ether oxygens (including phenoxy) is 1. The van der Waals surface area contributed by atoms with E-state index in [0.29, 0.717) is 0 Å². The average Bonchev–Trinajstić information content (AvgIpc) is 2.58. The van der Waals surface area contributed by atoms with Gasteiger partial charge in [0.15, 0.2) is 0 Å². The van der Waals surface area contributed by atoms with Crippen molar-refractivity contribution < 1.29 is 14.1 Å². The van der Waals surface area contributed by atoms with Gasteiger partial charge in [0, 0.05) is 22.8 Å². The normalized spacial score (nSPS) is 13.9. The van der Waals surface area contributed by atoms with Crippen molar-refractivity contribution in [2.75, 3.05) is 13.3 Å². The van der Waals surface area contributed by atoms with Crippen LogP contribution in [0.15, 0.2) is 36.4 Å². The maximum atomic E-state index is 14.4. The van der Waals surface area contributed by atoms with Crippen LogP contribution in [-0.4, -0.2) is 25.3 Å². The van der Waals surface area contributed by atoms with Gasteiger partial charge in [-0.1, -0.05) is 41.3 Å². The number of hydrogen-bond acceptors (Lipinski definition) is 4. The zero-order chi connectivity index (χ0) is 20.4. The number of nitrogens with two attached hydrogens (primary N) is 1. The van der Waals surface area contributed by atoms with Gasteiger partial charge in [-0.25, -0.2) is 0 Å². The van der Waals surface area contributed by atoms with Gasteiger partial charge >= 0.3 is 5.97 Å². The molecule has 0 spiro atoms. The zero-order valence-corrected chi connectivity index (χ0v) is 18.0. The van der Waals surface area contributed by atoms with Gasteiger partial charge in [-0.2, -0.15) is 0 Å². The molecule has 0 bridgehead atoms. The van der Waals surface area contributed by atoms with E-state index in [9.17, 15) is 9.36 Å². The van der Waals surface area contributed by atoms with Crippen LogP contribution in [0, 0.1) is 33.6 Å². The number of carbonyl (C=O) groups excluding carboxylic acids is 1. The quantitative estimate of drug-likeness (QED) is 0.609. The number of carbonyl (C=O) groups is 1. The Bertz CT molecular complexity index is 795. The Balaban J connectivity index is 2.61. The minimum Gasteiger partial charge on any atom is -0.469 e. The number of benzene rings is 2. The van der Waals surface area contributed by atoms with Gasteiger partial charge < -0.3 is 15.0 Å². The monoisotopic (exact) mass is 387 g/mol. The van der Waals surface area contributed by atoms with Crippen molar-refractivity contribution >= 4 is 23.7 Å². The Labute approximate surface area is 162 Å². The van der Waals surface area contributed by atoms with Crippen molar-refractivity contribution in [1.29, 1.82) is 0 Å². The predicted octanol–water partition coefficient (Wildman–Crippen LogP) is 3.37. The molecule has 0 radical (unpaired) electrons. The highest BCUT2D eigenvalue weighted by Gasteiger charge is 2.34. The van der Waals surface area contributed by atoms with Gasteiger partial charge in [-0.05, 0) is 52.0 Å². The van der Waals surface area contributed by atoms with E-state index in [2.05, 4.69) is 12.1 Å². The van der Waals surface area contributed by atoms with Crippen LogP contribution in [0.1, 0.15) is 29.2 Å². The summed E-state index contributed by atoms with van der Waals surface area (Å²) in [5.74, 6) is -0.907. The topological polar surface area (TPSA) is 69.4 Å². The van der Waals surface area contributed by atoms with Crippen LogP contribution in [0.5, 0.6) is 0 Å². The number of hydrogen-bond donors (Lipinski definition) is 1. The van der Waals surface area contributed by atoms with Crippen molar-refractivity contribution in [2.24, 2.45) is 11.7 Å². The Morgan fingerprint density at radius 2 is 1.30 bits per heavy atom. The van der Waals surface area contributed by atoms with E-state index < -0.39 is 19.1 Å².